The normalized spacial score (nSPS) is 11.6. The van der Waals surface area contributed by atoms with Crippen molar-refractivity contribution in [3.8, 4) is 5.75 Å². The van der Waals surface area contributed by atoms with Crippen molar-refractivity contribution < 1.29 is 24.2 Å². The van der Waals surface area contributed by atoms with E-state index >= 15 is 0 Å². The molecular weight excluding hydrogens is 334 g/mol. The van der Waals surface area contributed by atoms with Crippen LogP contribution in [0, 0.1) is 0 Å². The summed E-state index contributed by atoms with van der Waals surface area (Å²) in [6.07, 6.45) is -0.152. The fourth-order valence-corrected chi connectivity index (χ4v) is 2.37. The molecule has 0 saturated carbocycles. The molecule has 0 saturated heterocycles. The summed E-state index contributed by atoms with van der Waals surface area (Å²) >= 11 is 0. The summed E-state index contributed by atoms with van der Waals surface area (Å²) < 4.78 is 11.1. The van der Waals surface area contributed by atoms with Gasteiger partial charge in [0, 0.05) is 18.7 Å². The molecule has 2 rings (SSSR count). The van der Waals surface area contributed by atoms with Crippen molar-refractivity contribution in [1.29, 1.82) is 0 Å². The van der Waals surface area contributed by atoms with E-state index in [-0.39, 0.29) is 12.3 Å². The molecule has 6 heteroatoms. The molecule has 0 aliphatic rings. The largest absolute Gasteiger partial charge is 0.494 e. The Bertz CT molecular complexity index is 700. The van der Waals surface area contributed by atoms with E-state index in [0.717, 1.165) is 5.56 Å². The predicted octanol–water partition coefficient (Wildman–Crippen LogP) is 3.65. The van der Waals surface area contributed by atoms with E-state index in [1.54, 1.807) is 24.3 Å². The molecule has 6 nitrogen and oxygen atoms in total. The first-order chi connectivity index (χ1) is 12.6. The Morgan fingerprint density at radius 2 is 1.77 bits per heavy atom. The highest BCUT2D eigenvalue weighted by Crippen LogP contribution is 2.21. The van der Waals surface area contributed by atoms with Crippen LogP contribution in [0.3, 0.4) is 0 Å². The van der Waals surface area contributed by atoms with E-state index in [2.05, 4.69) is 5.32 Å². The second kappa shape index (κ2) is 10.2. The Morgan fingerprint density at radius 3 is 2.38 bits per heavy atom. The van der Waals surface area contributed by atoms with E-state index in [1.807, 2.05) is 37.3 Å². The van der Waals surface area contributed by atoms with Gasteiger partial charge in [0.25, 0.3) is 5.91 Å². The van der Waals surface area contributed by atoms with Gasteiger partial charge >= 0.3 is 5.97 Å². The van der Waals surface area contributed by atoms with Gasteiger partial charge in [-0.3, -0.25) is 9.59 Å². The van der Waals surface area contributed by atoms with Crippen molar-refractivity contribution in [3.63, 3.8) is 0 Å². The van der Waals surface area contributed by atoms with E-state index in [0.29, 0.717) is 31.1 Å². The van der Waals surface area contributed by atoms with E-state index in [4.69, 9.17) is 14.6 Å². The maximum absolute atomic E-state index is 12.5. The van der Waals surface area contributed by atoms with E-state index < -0.39 is 12.1 Å². The molecular formula is C20H23NO5. The number of ether oxygens (including phenoxy) is 2. The third-order valence-electron chi connectivity index (χ3n) is 3.60. The molecule has 2 aromatic rings. The van der Waals surface area contributed by atoms with Crippen LogP contribution in [0.4, 0.5) is 5.69 Å². The molecule has 2 aromatic carbocycles. The number of hydrogen-bond acceptors (Lipinski definition) is 4. The summed E-state index contributed by atoms with van der Waals surface area (Å²) in [6, 6.07) is 16.3. The molecule has 1 atom stereocenters. The molecule has 26 heavy (non-hydrogen) atoms. The molecule has 1 unspecified atom stereocenters. The molecule has 1 amide bonds. The van der Waals surface area contributed by atoms with Crippen LogP contribution in [-0.4, -0.2) is 30.2 Å². The smallest absolute Gasteiger partial charge is 0.303 e. The van der Waals surface area contributed by atoms with Crippen LogP contribution < -0.4 is 10.1 Å². The summed E-state index contributed by atoms with van der Waals surface area (Å²) in [5.74, 6) is -0.458. The van der Waals surface area contributed by atoms with Gasteiger partial charge in [0.2, 0.25) is 0 Å². The number of nitrogens with one attached hydrogen (secondary N) is 1. The zero-order chi connectivity index (χ0) is 18.8. The van der Waals surface area contributed by atoms with Crippen molar-refractivity contribution in [2.45, 2.75) is 25.9 Å². The SMILES string of the molecule is CCOC(C(=O)Nc1ccc(OCCCC(=O)O)cc1)c1ccccc1. The van der Waals surface area contributed by atoms with Crippen LogP contribution >= 0.6 is 0 Å². The minimum Gasteiger partial charge on any atom is -0.494 e. The van der Waals surface area contributed by atoms with Gasteiger partial charge in [0.1, 0.15) is 5.75 Å². The summed E-state index contributed by atoms with van der Waals surface area (Å²) in [5, 5.41) is 11.4. The zero-order valence-electron chi connectivity index (χ0n) is 14.7. The monoisotopic (exact) mass is 357 g/mol. The van der Waals surface area contributed by atoms with Gasteiger partial charge in [-0.1, -0.05) is 30.3 Å². The highest BCUT2D eigenvalue weighted by molar-refractivity contribution is 5.94. The number of carbonyl (C=O) groups is 2. The van der Waals surface area contributed by atoms with Gasteiger partial charge in [-0.2, -0.15) is 0 Å². The number of carbonyl (C=O) groups excluding carboxylic acids is 1. The summed E-state index contributed by atoms with van der Waals surface area (Å²) in [4.78, 5) is 23.0. The molecule has 138 valence electrons. The number of anilines is 1. The van der Waals surface area contributed by atoms with Gasteiger partial charge < -0.3 is 19.9 Å². The van der Waals surface area contributed by atoms with Gasteiger partial charge in [0.05, 0.1) is 6.61 Å². The van der Waals surface area contributed by atoms with Crippen LogP contribution in [0.25, 0.3) is 0 Å². The van der Waals surface area contributed by atoms with Crippen molar-refractivity contribution in [1.82, 2.24) is 0 Å². The third kappa shape index (κ3) is 6.22. The molecule has 0 aliphatic carbocycles. The number of benzene rings is 2. The minimum absolute atomic E-state index is 0.0758. The standard InChI is InChI=1S/C20H23NO5/c1-2-25-19(15-7-4-3-5-8-15)20(24)21-16-10-12-17(13-11-16)26-14-6-9-18(22)23/h3-5,7-8,10-13,19H,2,6,9,14H2,1H3,(H,21,24)(H,22,23). The highest BCUT2D eigenvalue weighted by Gasteiger charge is 2.20. The number of amides is 1. The average molecular weight is 357 g/mol. The number of carboxylic acid groups (broad SMARTS) is 1. The molecule has 0 aliphatic heterocycles. The molecule has 0 spiro atoms. The Labute approximate surface area is 152 Å². The molecule has 2 N–H and O–H groups in total. The average Bonchev–Trinajstić information content (AvgIpc) is 2.65. The van der Waals surface area contributed by atoms with Crippen LogP contribution in [0.5, 0.6) is 5.75 Å². The Balaban J connectivity index is 1.92. The second-order valence-corrected chi connectivity index (χ2v) is 5.61. The minimum atomic E-state index is -0.839. The van der Waals surface area contributed by atoms with Crippen molar-refractivity contribution in [3.05, 3.63) is 60.2 Å². The fourth-order valence-electron chi connectivity index (χ4n) is 2.37. The highest BCUT2D eigenvalue weighted by atomic mass is 16.5. The number of hydrogen-bond donors (Lipinski definition) is 2. The topological polar surface area (TPSA) is 84.9 Å². The Morgan fingerprint density at radius 1 is 1.08 bits per heavy atom. The summed E-state index contributed by atoms with van der Waals surface area (Å²) in [7, 11) is 0. The molecule has 0 radical (unpaired) electrons. The maximum atomic E-state index is 12.5. The lowest BCUT2D eigenvalue weighted by atomic mass is 10.1. The van der Waals surface area contributed by atoms with Crippen LogP contribution in [-0.2, 0) is 14.3 Å². The van der Waals surface area contributed by atoms with Gasteiger partial charge in [-0.25, -0.2) is 0 Å². The number of carboxylic acids is 1. The molecule has 0 bridgehead atoms. The van der Waals surface area contributed by atoms with Gasteiger partial charge in [-0.05, 0) is 43.2 Å². The van der Waals surface area contributed by atoms with E-state index in [1.165, 1.54) is 0 Å². The van der Waals surface area contributed by atoms with Gasteiger partial charge in [0.15, 0.2) is 6.10 Å². The van der Waals surface area contributed by atoms with Crippen molar-refractivity contribution >= 4 is 17.6 Å². The van der Waals surface area contributed by atoms with Crippen molar-refractivity contribution in [2.24, 2.45) is 0 Å². The van der Waals surface area contributed by atoms with Crippen molar-refractivity contribution in [2.75, 3.05) is 18.5 Å². The lowest BCUT2D eigenvalue weighted by molar-refractivity contribution is -0.137. The third-order valence-corrected chi connectivity index (χ3v) is 3.60. The quantitative estimate of drug-likeness (QED) is 0.634. The Kier molecular flexibility index (Phi) is 7.64. The molecule has 0 heterocycles. The number of aliphatic carboxylic acids is 1. The fraction of sp³-hybridized carbons (Fsp3) is 0.300. The molecule has 0 fully saturated rings. The lowest BCUT2D eigenvalue weighted by Gasteiger charge is -2.17. The summed E-state index contributed by atoms with van der Waals surface area (Å²) in [5.41, 5.74) is 1.43. The Hall–Kier alpha value is -2.86. The van der Waals surface area contributed by atoms with Crippen LogP contribution in [0.1, 0.15) is 31.4 Å². The van der Waals surface area contributed by atoms with Crippen LogP contribution in [0.2, 0.25) is 0 Å². The first kappa shape index (κ1) is 19.5. The van der Waals surface area contributed by atoms with Crippen LogP contribution in [0.15, 0.2) is 54.6 Å². The number of rotatable bonds is 10. The second-order valence-electron chi connectivity index (χ2n) is 5.61. The molecule has 0 aromatic heterocycles. The predicted molar refractivity (Wildman–Crippen MR) is 98.2 cm³/mol. The maximum Gasteiger partial charge on any atom is 0.303 e. The van der Waals surface area contributed by atoms with E-state index in [9.17, 15) is 9.59 Å². The first-order valence-electron chi connectivity index (χ1n) is 8.52. The zero-order valence-corrected chi connectivity index (χ0v) is 14.7. The van der Waals surface area contributed by atoms with Gasteiger partial charge in [-0.15, -0.1) is 0 Å². The first-order valence-corrected chi connectivity index (χ1v) is 8.52. The summed E-state index contributed by atoms with van der Waals surface area (Å²) in [6.45, 7) is 2.61. The lowest BCUT2D eigenvalue weighted by Crippen LogP contribution is -2.23.